The second-order valence-corrected chi connectivity index (χ2v) is 7.53. The molecule has 2 unspecified atom stereocenters. The Hall–Kier alpha value is -3.39. The standard InChI is InChI=1S/C21H27F3N4O7/c1-3-27(4-2)10-5-11-28-12-15(33-14-8-6-13(7-9-14)21(22,23)24)16(28)26-20(32)35-18(30)17(29)34-19(25)31/h6-9,15-16H,3-5,10-12H2,1-2H3,(H2,25,31)(H,26,32). The molecule has 2 rings (SSSR count). The smallest absolute Gasteiger partial charge is 0.426 e. The van der Waals surface area contributed by atoms with E-state index in [-0.39, 0.29) is 5.75 Å². The highest BCUT2D eigenvalue weighted by Crippen LogP contribution is 2.31. The molecule has 2 amide bonds. The normalized spacial score (nSPS) is 17.9. The minimum absolute atomic E-state index is 0.145. The number of alkyl halides is 3. The average Bonchev–Trinajstić information content (AvgIpc) is 2.78. The highest BCUT2D eigenvalue weighted by Gasteiger charge is 2.42. The number of likely N-dealkylation sites (tertiary alicyclic amines) is 1. The first-order valence-corrected chi connectivity index (χ1v) is 10.8. The van der Waals surface area contributed by atoms with Crippen molar-refractivity contribution in [2.24, 2.45) is 5.73 Å². The molecule has 1 saturated heterocycles. The van der Waals surface area contributed by atoms with Gasteiger partial charge in [-0.3, -0.25) is 4.90 Å². The van der Waals surface area contributed by atoms with Gasteiger partial charge >= 0.3 is 30.3 Å². The summed E-state index contributed by atoms with van der Waals surface area (Å²) in [5.41, 5.74) is 3.79. The number of alkyl carbamates (subject to hydrolysis) is 1. The van der Waals surface area contributed by atoms with Crippen LogP contribution in [0.1, 0.15) is 25.8 Å². The summed E-state index contributed by atoms with van der Waals surface area (Å²) in [5.74, 6) is -3.38. The van der Waals surface area contributed by atoms with Crippen LogP contribution in [0.2, 0.25) is 0 Å². The molecule has 0 saturated carbocycles. The van der Waals surface area contributed by atoms with Gasteiger partial charge in [0, 0.05) is 13.1 Å². The van der Waals surface area contributed by atoms with E-state index in [9.17, 15) is 32.3 Å². The molecule has 0 spiro atoms. The van der Waals surface area contributed by atoms with Crippen molar-refractivity contribution in [3.05, 3.63) is 29.8 Å². The van der Waals surface area contributed by atoms with E-state index in [0.717, 1.165) is 50.3 Å². The van der Waals surface area contributed by atoms with Crippen LogP contribution in [0.15, 0.2) is 24.3 Å². The van der Waals surface area contributed by atoms with Crippen LogP contribution >= 0.6 is 0 Å². The lowest BCUT2D eigenvalue weighted by Gasteiger charge is -2.47. The Labute approximate surface area is 199 Å². The molecule has 3 N–H and O–H groups in total. The van der Waals surface area contributed by atoms with Gasteiger partial charge < -0.3 is 30.2 Å². The van der Waals surface area contributed by atoms with E-state index < -0.39 is 48.1 Å². The number of halogens is 3. The predicted molar refractivity (Wildman–Crippen MR) is 114 cm³/mol. The SMILES string of the molecule is CCN(CC)CCCN1CC(Oc2ccc(C(F)(F)F)cc2)C1NC(=O)OC(=O)C(=O)OC(N)=O. The van der Waals surface area contributed by atoms with Gasteiger partial charge in [-0.25, -0.2) is 19.2 Å². The molecule has 1 fully saturated rings. The summed E-state index contributed by atoms with van der Waals surface area (Å²) in [5, 5.41) is 2.38. The molecular formula is C21H27F3N4O7. The molecule has 1 aliphatic heterocycles. The number of nitrogens with one attached hydrogen (secondary N) is 1. The Bertz CT molecular complexity index is 907. The zero-order valence-corrected chi connectivity index (χ0v) is 19.2. The van der Waals surface area contributed by atoms with Gasteiger partial charge in [0.05, 0.1) is 5.56 Å². The van der Waals surface area contributed by atoms with E-state index in [1.54, 1.807) is 0 Å². The van der Waals surface area contributed by atoms with Crippen molar-refractivity contribution in [3.8, 4) is 5.75 Å². The number of primary amides is 1. The summed E-state index contributed by atoms with van der Waals surface area (Å²) < 4.78 is 52.2. The lowest BCUT2D eigenvalue weighted by molar-refractivity contribution is -0.160. The van der Waals surface area contributed by atoms with Crippen LogP contribution in [-0.2, 0) is 25.2 Å². The van der Waals surface area contributed by atoms with Crippen molar-refractivity contribution in [3.63, 3.8) is 0 Å². The van der Waals surface area contributed by atoms with Crippen molar-refractivity contribution < 1.29 is 46.6 Å². The number of nitrogens with zero attached hydrogens (tertiary/aromatic N) is 2. The van der Waals surface area contributed by atoms with Gasteiger partial charge in [0.2, 0.25) is 0 Å². The number of carbonyl (C=O) groups is 4. The summed E-state index contributed by atoms with van der Waals surface area (Å²) in [6, 6.07) is 4.06. The summed E-state index contributed by atoms with van der Waals surface area (Å²) in [6.07, 6.45) is -8.09. The number of hydrogen-bond acceptors (Lipinski definition) is 9. The highest BCUT2D eigenvalue weighted by atomic mass is 19.4. The molecule has 1 heterocycles. The molecule has 1 aromatic rings. The minimum Gasteiger partial charge on any atom is -0.486 e. The lowest BCUT2D eigenvalue weighted by atomic mass is 10.1. The lowest BCUT2D eigenvalue weighted by Crippen LogP contribution is -2.69. The second kappa shape index (κ2) is 12.4. The molecule has 2 atom stereocenters. The van der Waals surface area contributed by atoms with Crippen LogP contribution in [-0.4, -0.2) is 78.9 Å². The van der Waals surface area contributed by atoms with E-state index in [0.29, 0.717) is 13.1 Å². The maximum Gasteiger partial charge on any atom is 0.426 e. The van der Waals surface area contributed by atoms with Crippen LogP contribution in [0, 0.1) is 0 Å². The number of carbonyl (C=O) groups excluding carboxylic acids is 4. The highest BCUT2D eigenvalue weighted by molar-refractivity contribution is 6.33. The number of rotatable bonds is 9. The van der Waals surface area contributed by atoms with Crippen LogP contribution < -0.4 is 15.8 Å². The Kier molecular flexibility index (Phi) is 9.83. The first-order valence-electron chi connectivity index (χ1n) is 10.8. The zero-order chi connectivity index (χ0) is 26.2. The second-order valence-electron chi connectivity index (χ2n) is 7.53. The number of esters is 2. The average molecular weight is 504 g/mol. The predicted octanol–water partition coefficient (Wildman–Crippen LogP) is 1.70. The third kappa shape index (κ3) is 8.40. The molecule has 1 aliphatic rings. The molecule has 0 bridgehead atoms. The molecular weight excluding hydrogens is 477 g/mol. The molecule has 0 aliphatic carbocycles. The van der Waals surface area contributed by atoms with E-state index in [1.807, 2.05) is 18.7 Å². The Morgan fingerprint density at radius 2 is 1.69 bits per heavy atom. The van der Waals surface area contributed by atoms with Gasteiger partial charge in [-0.1, -0.05) is 13.8 Å². The first-order chi connectivity index (χ1) is 16.4. The number of amides is 2. The fourth-order valence-electron chi connectivity index (χ4n) is 3.40. The molecule has 35 heavy (non-hydrogen) atoms. The van der Waals surface area contributed by atoms with Gasteiger partial charge in [-0.15, -0.1) is 0 Å². The maximum absolute atomic E-state index is 12.8. The molecule has 0 aromatic heterocycles. The quantitative estimate of drug-likeness (QED) is 0.292. The molecule has 0 radical (unpaired) electrons. The maximum atomic E-state index is 12.8. The topological polar surface area (TPSA) is 140 Å². The molecule has 194 valence electrons. The summed E-state index contributed by atoms with van der Waals surface area (Å²) in [4.78, 5) is 49.5. The third-order valence-corrected chi connectivity index (χ3v) is 5.25. The fourth-order valence-corrected chi connectivity index (χ4v) is 3.40. The summed E-state index contributed by atoms with van der Waals surface area (Å²) in [6.45, 7) is 7.46. The summed E-state index contributed by atoms with van der Waals surface area (Å²) in [7, 11) is 0. The van der Waals surface area contributed by atoms with Crippen molar-refractivity contribution in [2.45, 2.75) is 38.7 Å². The van der Waals surface area contributed by atoms with Crippen LogP contribution in [0.25, 0.3) is 0 Å². The van der Waals surface area contributed by atoms with Crippen LogP contribution in [0.3, 0.4) is 0 Å². The first kappa shape index (κ1) is 27.9. The van der Waals surface area contributed by atoms with Crippen molar-refractivity contribution >= 4 is 24.1 Å². The van der Waals surface area contributed by atoms with E-state index in [4.69, 9.17) is 4.74 Å². The third-order valence-electron chi connectivity index (χ3n) is 5.25. The minimum atomic E-state index is -4.49. The van der Waals surface area contributed by atoms with E-state index in [2.05, 4.69) is 25.4 Å². The van der Waals surface area contributed by atoms with Crippen LogP contribution in [0.5, 0.6) is 5.75 Å². The number of benzene rings is 1. The van der Waals surface area contributed by atoms with Gasteiger partial charge in [0.1, 0.15) is 18.0 Å². The van der Waals surface area contributed by atoms with Gasteiger partial charge in [-0.2, -0.15) is 13.2 Å². The molecule has 11 nitrogen and oxygen atoms in total. The van der Waals surface area contributed by atoms with Crippen LogP contribution in [0.4, 0.5) is 22.8 Å². The van der Waals surface area contributed by atoms with Gasteiger partial charge in [0.25, 0.3) is 0 Å². The molecule has 1 aromatic carbocycles. The van der Waals surface area contributed by atoms with E-state index >= 15 is 0 Å². The Balaban J connectivity index is 2.01. The van der Waals surface area contributed by atoms with Gasteiger partial charge in [0.15, 0.2) is 0 Å². The number of nitrogens with two attached hydrogens (primary N) is 1. The Morgan fingerprint density at radius 1 is 1.09 bits per heavy atom. The summed E-state index contributed by atoms with van der Waals surface area (Å²) >= 11 is 0. The monoisotopic (exact) mass is 504 g/mol. The van der Waals surface area contributed by atoms with Crippen molar-refractivity contribution in [1.29, 1.82) is 0 Å². The zero-order valence-electron chi connectivity index (χ0n) is 19.2. The largest absolute Gasteiger partial charge is 0.486 e. The van der Waals surface area contributed by atoms with Crippen molar-refractivity contribution in [2.75, 3.05) is 32.7 Å². The fraction of sp³-hybridized carbons (Fsp3) is 0.524. The van der Waals surface area contributed by atoms with Crippen molar-refractivity contribution in [1.82, 2.24) is 15.1 Å². The van der Waals surface area contributed by atoms with Gasteiger partial charge in [-0.05, 0) is 50.3 Å². The Morgan fingerprint density at radius 3 is 2.23 bits per heavy atom. The number of ether oxygens (including phenoxy) is 3. The number of hydrogen-bond donors (Lipinski definition) is 2. The molecule has 14 heteroatoms. The van der Waals surface area contributed by atoms with E-state index in [1.165, 1.54) is 0 Å².